The van der Waals surface area contributed by atoms with Gasteiger partial charge in [-0.2, -0.15) is 0 Å². The molecule has 104 valence electrons. The molecular formula is C14H32N2O. The Morgan fingerprint density at radius 1 is 1.18 bits per heavy atom. The SMILES string of the molecule is CCC(CC)N(CCCC(C)(C)N)CCOC. The van der Waals surface area contributed by atoms with Crippen LogP contribution in [0.5, 0.6) is 0 Å². The molecule has 0 saturated heterocycles. The van der Waals surface area contributed by atoms with Crippen LogP contribution in [0.25, 0.3) is 0 Å². The van der Waals surface area contributed by atoms with Crippen LogP contribution in [0.4, 0.5) is 0 Å². The minimum atomic E-state index is -0.0408. The van der Waals surface area contributed by atoms with Crippen LogP contribution in [0, 0.1) is 0 Å². The zero-order valence-corrected chi connectivity index (χ0v) is 12.5. The topological polar surface area (TPSA) is 38.5 Å². The fourth-order valence-corrected chi connectivity index (χ4v) is 2.23. The molecule has 0 radical (unpaired) electrons. The van der Waals surface area contributed by atoms with Crippen molar-refractivity contribution in [2.24, 2.45) is 5.73 Å². The molecule has 0 amide bonds. The summed E-state index contributed by atoms with van der Waals surface area (Å²) in [6.07, 6.45) is 4.68. The maximum absolute atomic E-state index is 6.02. The number of nitrogens with zero attached hydrogens (tertiary/aromatic N) is 1. The number of nitrogens with two attached hydrogens (primary N) is 1. The summed E-state index contributed by atoms with van der Waals surface area (Å²) < 4.78 is 5.19. The van der Waals surface area contributed by atoms with Crippen LogP contribution in [-0.2, 0) is 4.74 Å². The molecule has 0 aromatic rings. The molecule has 0 unspecified atom stereocenters. The molecule has 0 aromatic heterocycles. The lowest BCUT2D eigenvalue weighted by atomic mass is 9.99. The molecule has 3 nitrogen and oxygen atoms in total. The largest absolute Gasteiger partial charge is 0.383 e. The molecule has 0 saturated carbocycles. The lowest BCUT2D eigenvalue weighted by Crippen LogP contribution is -2.39. The van der Waals surface area contributed by atoms with Crippen LogP contribution in [-0.4, -0.2) is 43.3 Å². The van der Waals surface area contributed by atoms with Crippen molar-refractivity contribution >= 4 is 0 Å². The summed E-state index contributed by atoms with van der Waals surface area (Å²) in [7, 11) is 1.77. The van der Waals surface area contributed by atoms with Crippen molar-refractivity contribution in [3.8, 4) is 0 Å². The molecule has 0 aliphatic heterocycles. The second kappa shape index (κ2) is 8.90. The van der Waals surface area contributed by atoms with Gasteiger partial charge in [0.2, 0.25) is 0 Å². The van der Waals surface area contributed by atoms with Crippen molar-refractivity contribution in [3.05, 3.63) is 0 Å². The minimum Gasteiger partial charge on any atom is -0.383 e. The van der Waals surface area contributed by atoms with E-state index in [9.17, 15) is 0 Å². The number of hydrogen-bond donors (Lipinski definition) is 1. The van der Waals surface area contributed by atoms with Gasteiger partial charge in [0.25, 0.3) is 0 Å². The quantitative estimate of drug-likeness (QED) is 0.642. The molecule has 0 rings (SSSR count). The summed E-state index contributed by atoms with van der Waals surface area (Å²) in [5, 5.41) is 0. The normalized spacial score (nSPS) is 12.7. The first-order valence-corrected chi connectivity index (χ1v) is 6.96. The van der Waals surface area contributed by atoms with E-state index >= 15 is 0 Å². The van der Waals surface area contributed by atoms with Crippen LogP contribution in [0.15, 0.2) is 0 Å². The Morgan fingerprint density at radius 2 is 1.76 bits per heavy atom. The zero-order valence-electron chi connectivity index (χ0n) is 12.5. The Morgan fingerprint density at radius 3 is 2.18 bits per heavy atom. The predicted octanol–water partition coefficient (Wildman–Crippen LogP) is 2.64. The van der Waals surface area contributed by atoms with E-state index in [-0.39, 0.29) is 5.54 Å². The lowest BCUT2D eigenvalue weighted by molar-refractivity contribution is 0.112. The van der Waals surface area contributed by atoms with E-state index < -0.39 is 0 Å². The first-order valence-electron chi connectivity index (χ1n) is 6.96. The van der Waals surface area contributed by atoms with Crippen LogP contribution < -0.4 is 5.73 Å². The average molecular weight is 244 g/mol. The van der Waals surface area contributed by atoms with Crippen LogP contribution >= 0.6 is 0 Å². The molecule has 0 aromatic carbocycles. The van der Waals surface area contributed by atoms with Crippen LogP contribution in [0.1, 0.15) is 53.4 Å². The van der Waals surface area contributed by atoms with Gasteiger partial charge in [-0.3, -0.25) is 4.90 Å². The third kappa shape index (κ3) is 8.58. The van der Waals surface area contributed by atoms with Gasteiger partial charge in [-0.1, -0.05) is 13.8 Å². The van der Waals surface area contributed by atoms with Crippen molar-refractivity contribution in [2.75, 3.05) is 26.8 Å². The first kappa shape index (κ1) is 16.9. The summed E-state index contributed by atoms with van der Waals surface area (Å²) in [5.41, 5.74) is 5.98. The molecule has 0 atom stereocenters. The third-order valence-corrected chi connectivity index (χ3v) is 3.31. The minimum absolute atomic E-state index is 0.0408. The van der Waals surface area contributed by atoms with Crippen LogP contribution in [0.3, 0.4) is 0 Å². The third-order valence-electron chi connectivity index (χ3n) is 3.31. The van der Waals surface area contributed by atoms with Gasteiger partial charge in [0.1, 0.15) is 0 Å². The van der Waals surface area contributed by atoms with Gasteiger partial charge in [-0.15, -0.1) is 0 Å². The standard InChI is InChI=1S/C14H32N2O/c1-6-13(7-2)16(11-12-17-5)10-8-9-14(3,4)15/h13H,6-12,15H2,1-5H3. The second-order valence-corrected chi connectivity index (χ2v) is 5.59. The zero-order chi connectivity index (χ0) is 13.3. The number of hydrogen-bond acceptors (Lipinski definition) is 3. The number of ether oxygens (including phenoxy) is 1. The molecule has 0 bridgehead atoms. The molecule has 0 aliphatic carbocycles. The van der Waals surface area contributed by atoms with Crippen LogP contribution in [0.2, 0.25) is 0 Å². The summed E-state index contributed by atoms with van der Waals surface area (Å²) in [5.74, 6) is 0. The highest BCUT2D eigenvalue weighted by molar-refractivity contribution is 4.74. The molecule has 3 heteroatoms. The Hall–Kier alpha value is -0.120. The Labute approximate surface area is 108 Å². The highest BCUT2D eigenvalue weighted by atomic mass is 16.5. The summed E-state index contributed by atoms with van der Waals surface area (Å²) in [6.45, 7) is 11.7. The van der Waals surface area contributed by atoms with Crippen molar-refractivity contribution in [1.29, 1.82) is 0 Å². The highest BCUT2D eigenvalue weighted by Gasteiger charge is 2.16. The highest BCUT2D eigenvalue weighted by Crippen LogP contribution is 2.12. The second-order valence-electron chi connectivity index (χ2n) is 5.59. The van der Waals surface area contributed by atoms with Gasteiger partial charge in [0, 0.05) is 25.2 Å². The summed E-state index contributed by atoms with van der Waals surface area (Å²) >= 11 is 0. The average Bonchev–Trinajstić information content (AvgIpc) is 2.25. The van der Waals surface area contributed by atoms with E-state index in [0.29, 0.717) is 6.04 Å². The Kier molecular flexibility index (Phi) is 8.83. The van der Waals surface area contributed by atoms with Crippen molar-refractivity contribution in [3.63, 3.8) is 0 Å². The van der Waals surface area contributed by atoms with Gasteiger partial charge in [0.15, 0.2) is 0 Å². The molecule has 2 N–H and O–H groups in total. The molecule has 0 aliphatic rings. The van der Waals surface area contributed by atoms with Crippen molar-refractivity contribution in [1.82, 2.24) is 4.90 Å². The smallest absolute Gasteiger partial charge is 0.0589 e. The van der Waals surface area contributed by atoms with E-state index in [1.54, 1.807) is 7.11 Å². The van der Waals surface area contributed by atoms with E-state index in [0.717, 1.165) is 26.1 Å². The monoisotopic (exact) mass is 244 g/mol. The van der Waals surface area contributed by atoms with Gasteiger partial charge in [-0.05, 0) is 46.1 Å². The van der Waals surface area contributed by atoms with E-state index in [4.69, 9.17) is 10.5 Å². The predicted molar refractivity (Wildman–Crippen MR) is 75.3 cm³/mol. The first-order chi connectivity index (χ1) is 7.94. The summed E-state index contributed by atoms with van der Waals surface area (Å²) in [6, 6.07) is 0.686. The van der Waals surface area contributed by atoms with E-state index in [1.807, 2.05) is 0 Å². The molecule has 0 fully saturated rings. The molecule has 0 spiro atoms. The number of rotatable bonds is 10. The Balaban J connectivity index is 4.09. The maximum atomic E-state index is 6.02. The van der Waals surface area contributed by atoms with Gasteiger partial charge in [0.05, 0.1) is 6.61 Å². The maximum Gasteiger partial charge on any atom is 0.0589 e. The van der Waals surface area contributed by atoms with E-state index in [1.165, 1.54) is 19.3 Å². The molecule has 0 heterocycles. The van der Waals surface area contributed by atoms with Crippen molar-refractivity contribution < 1.29 is 4.74 Å². The fraction of sp³-hybridized carbons (Fsp3) is 1.00. The summed E-state index contributed by atoms with van der Waals surface area (Å²) in [4.78, 5) is 2.55. The van der Waals surface area contributed by atoms with Crippen molar-refractivity contribution in [2.45, 2.75) is 65.0 Å². The fourth-order valence-electron chi connectivity index (χ4n) is 2.23. The molecule has 17 heavy (non-hydrogen) atoms. The van der Waals surface area contributed by atoms with Gasteiger partial charge >= 0.3 is 0 Å². The van der Waals surface area contributed by atoms with Gasteiger partial charge < -0.3 is 10.5 Å². The molecular weight excluding hydrogens is 212 g/mol. The lowest BCUT2D eigenvalue weighted by Gasteiger charge is -2.31. The Bertz CT molecular complexity index is 174. The van der Waals surface area contributed by atoms with E-state index in [2.05, 4.69) is 32.6 Å². The number of methoxy groups -OCH3 is 1. The van der Waals surface area contributed by atoms with Gasteiger partial charge in [-0.25, -0.2) is 0 Å².